The maximum Gasteiger partial charge on any atom is 0.236 e. The van der Waals surface area contributed by atoms with E-state index in [0.29, 0.717) is 6.54 Å². The van der Waals surface area contributed by atoms with Gasteiger partial charge < -0.3 is 9.80 Å². The van der Waals surface area contributed by atoms with Crippen LogP contribution in [-0.2, 0) is 16.0 Å². The van der Waals surface area contributed by atoms with Gasteiger partial charge in [-0.25, -0.2) is 0 Å². The molecule has 0 bridgehead atoms. The lowest BCUT2D eigenvalue weighted by Gasteiger charge is -2.36. The molecular weight excluding hydrogens is 334 g/mol. The summed E-state index contributed by atoms with van der Waals surface area (Å²) in [5, 5.41) is 0.0233. The number of benzene rings is 1. The zero-order valence-electron chi connectivity index (χ0n) is 14.5. The molecule has 134 valence electrons. The van der Waals surface area contributed by atoms with E-state index in [2.05, 4.69) is 17.0 Å². The quantitative estimate of drug-likeness (QED) is 0.820. The van der Waals surface area contributed by atoms with Gasteiger partial charge in [0, 0.05) is 44.2 Å². The normalized spacial score (nSPS) is 23.8. The van der Waals surface area contributed by atoms with Gasteiger partial charge >= 0.3 is 0 Å². The Morgan fingerprint density at radius 1 is 0.960 bits per heavy atom. The van der Waals surface area contributed by atoms with Gasteiger partial charge in [0.1, 0.15) is 0 Å². The Balaban J connectivity index is 1.26. The number of nitrogens with zero attached hydrogens (tertiary/aromatic N) is 3. The van der Waals surface area contributed by atoms with Crippen molar-refractivity contribution in [3.8, 4) is 0 Å². The Labute approximate surface area is 153 Å². The molecule has 0 radical (unpaired) electrons. The molecular formula is C19H25N3O2S. The smallest absolute Gasteiger partial charge is 0.236 e. The minimum absolute atomic E-state index is 0.0233. The van der Waals surface area contributed by atoms with Gasteiger partial charge in [-0.3, -0.25) is 14.5 Å². The first kappa shape index (κ1) is 16.9. The number of hydrogen-bond donors (Lipinski definition) is 0. The molecule has 1 aromatic carbocycles. The van der Waals surface area contributed by atoms with Crippen LogP contribution in [0.2, 0.25) is 0 Å². The van der Waals surface area contributed by atoms with Gasteiger partial charge in [0.15, 0.2) is 0 Å². The van der Waals surface area contributed by atoms with Crippen molar-refractivity contribution >= 4 is 23.6 Å². The lowest BCUT2D eigenvalue weighted by atomic mass is 10.1. The molecule has 1 aromatic rings. The highest BCUT2D eigenvalue weighted by Gasteiger charge is 2.33. The van der Waals surface area contributed by atoms with Crippen LogP contribution in [0, 0.1) is 0 Å². The van der Waals surface area contributed by atoms with Crippen molar-refractivity contribution in [1.82, 2.24) is 14.7 Å². The van der Waals surface area contributed by atoms with Crippen molar-refractivity contribution in [2.75, 3.05) is 45.8 Å². The van der Waals surface area contributed by atoms with Crippen molar-refractivity contribution in [1.29, 1.82) is 0 Å². The maximum absolute atomic E-state index is 12.8. The Hall–Kier alpha value is -1.53. The summed E-state index contributed by atoms with van der Waals surface area (Å²) in [5.41, 5.74) is 1.29. The van der Waals surface area contributed by atoms with E-state index in [4.69, 9.17) is 0 Å². The van der Waals surface area contributed by atoms with E-state index in [1.165, 1.54) is 10.5 Å². The number of fused-ring (bicyclic) bond motifs is 1. The Morgan fingerprint density at radius 3 is 2.40 bits per heavy atom. The largest absolute Gasteiger partial charge is 0.342 e. The summed E-state index contributed by atoms with van der Waals surface area (Å²) in [4.78, 5) is 32.5. The molecule has 1 atom stereocenters. The van der Waals surface area contributed by atoms with Crippen LogP contribution in [0.15, 0.2) is 29.2 Å². The van der Waals surface area contributed by atoms with E-state index >= 15 is 0 Å². The minimum atomic E-state index is 0.0233. The van der Waals surface area contributed by atoms with Gasteiger partial charge in [-0.1, -0.05) is 18.2 Å². The number of carbonyl (C=O) groups is 2. The third-order valence-electron chi connectivity index (χ3n) is 5.42. The fraction of sp³-hybridized carbons (Fsp3) is 0.579. The summed E-state index contributed by atoms with van der Waals surface area (Å²) in [6.07, 6.45) is 3.11. The van der Waals surface area contributed by atoms with E-state index in [1.807, 2.05) is 21.9 Å². The molecule has 0 N–H and O–H groups in total. The number of carbonyl (C=O) groups excluding carboxylic acids is 2. The molecule has 2 fully saturated rings. The molecule has 3 aliphatic heterocycles. The number of thioether (sulfide) groups is 1. The molecule has 5 nitrogen and oxygen atoms in total. The molecule has 0 spiro atoms. The van der Waals surface area contributed by atoms with Gasteiger partial charge in [0.2, 0.25) is 11.8 Å². The van der Waals surface area contributed by atoms with Crippen LogP contribution >= 0.6 is 11.8 Å². The Bertz CT molecular complexity index is 627. The molecule has 0 unspecified atom stereocenters. The molecule has 4 rings (SSSR count). The standard InChI is InChI=1S/C19H25N3O2S/c23-18(21-7-3-4-8-21)14-20-9-11-22(12-10-20)19(24)17-13-15-5-1-2-6-16(15)25-17/h1-2,5-6,17H,3-4,7-14H2/t17-/m1/s1. The van der Waals surface area contributed by atoms with Crippen LogP contribution in [0.25, 0.3) is 0 Å². The first-order valence-electron chi connectivity index (χ1n) is 9.24. The lowest BCUT2D eigenvalue weighted by Crippen LogP contribution is -2.53. The van der Waals surface area contributed by atoms with E-state index in [-0.39, 0.29) is 17.1 Å². The first-order valence-corrected chi connectivity index (χ1v) is 10.1. The predicted octanol–water partition coefficient (Wildman–Crippen LogP) is 1.47. The van der Waals surface area contributed by atoms with Crippen LogP contribution in [0.5, 0.6) is 0 Å². The minimum Gasteiger partial charge on any atom is -0.342 e. The van der Waals surface area contributed by atoms with E-state index in [0.717, 1.165) is 58.5 Å². The average Bonchev–Trinajstić information content (AvgIpc) is 3.31. The summed E-state index contributed by atoms with van der Waals surface area (Å²) in [6.45, 7) is 5.41. The second-order valence-corrected chi connectivity index (χ2v) is 8.35. The molecule has 3 aliphatic rings. The molecule has 2 amide bonds. The SMILES string of the molecule is O=C(CN1CCN(C(=O)[C@H]2Cc3ccccc3S2)CC1)N1CCCC1. The average molecular weight is 359 g/mol. The molecule has 0 aromatic heterocycles. The van der Waals surface area contributed by atoms with Gasteiger partial charge in [0.25, 0.3) is 0 Å². The molecule has 2 saturated heterocycles. The first-order chi connectivity index (χ1) is 12.2. The maximum atomic E-state index is 12.8. The van der Waals surface area contributed by atoms with Crippen molar-refractivity contribution < 1.29 is 9.59 Å². The van der Waals surface area contributed by atoms with Crippen molar-refractivity contribution in [3.63, 3.8) is 0 Å². The fourth-order valence-corrected chi connectivity index (χ4v) is 5.19. The van der Waals surface area contributed by atoms with E-state index < -0.39 is 0 Å². The highest BCUT2D eigenvalue weighted by molar-refractivity contribution is 8.01. The van der Waals surface area contributed by atoms with Crippen LogP contribution in [-0.4, -0.2) is 77.6 Å². The number of hydrogen-bond acceptors (Lipinski definition) is 4. The second-order valence-electron chi connectivity index (χ2n) is 7.11. The summed E-state index contributed by atoms with van der Waals surface area (Å²) in [5.74, 6) is 0.505. The topological polar surface area (TPSA) is 43.9 Å². The third-order valence-corrected chi connectivity index (χ3v) is 6.73. The van der Waals surface area contributed by atoms with Crippen LogP contribution in [0.1, 0.15) is 18.4 Å². The van der Waals surface area contributed by atoms with Gasteiger partial charge in [0.05, 0.1) is 11.8 Å². The summed E-state index contributed by atoms with van der Waals surface area (Å²) in [7, 11) is 0. The van der Waals surface area contributed by atoms with Crippen molar-refractivity contribution in [3.05, 3.63) is 29.8 Å². The second kappa shape index (κ2) is 7.38. The number of amides is 2. The van der Waals surface area contributed by atoms with Gasteiger partial charge in [-0.2, -0.15) is 0 Å². The number of piperazine rings is 1. The fourth-order valence-electron chi connectivity index (χ4n) is 3.91. The summed E-state index contributed by atoms with van der Waals surface area (Å²) >= 11 is 1.70. The number of rotatable bonds is 3. The molecule has 3 heterocycles. The molecule has 25 heavy (non-hydrogen) atoms. The molecule has 0 aliphatic carbocycles. The Morgan fingerprint density at radius 2 is 1.68 bits per heavy atom. The highest BCUT2D eigenvalue weighted by Crippen LogP contribution is 2.37. The lowest BCUT2D eigenvalue weighted by molar-refractivity contribution is -0.134. The van der Waals surface area contributed by atoms with Crippen LogP contribution in [0.3, 0.4) is 0 Å². The highest BCUT2D eigenvalue weighted by atomic mass is 32.2. The summed E-state index contributed by atoms with van der Waals surface area (Å²) < 4.78 is 0. The predicted molar refractivity (Wildman–Crippen MR) is 98.6 cm³/mol. The zero-order chi connectivity index (χ0) is 17.2. The van der Waals surface area contributed by atoms with Gasteiger partial charge in [-0.05, 0) is 30.9 Å². The van der Waals surface area contributed by atoms with Crippen molar-refractivity contribution in [2.24, 2.45) is 0 Å². The van der Waals surface area contributed by atoms with Crippen LogP contribution in [0.4, 0.5) is 0 Å². The van der Waals surface area contributed by atoms with E-state index in [9.17, 15) is 9.59 Å². The summed E-state index contributed by atoms with van der Waals surface area (Å²) in [6, 6.07) is 8.31. The Kier molecular flexibility index (Phi) is 4.99. The van der Waals surface area contributed by atoms with E-state index in [1.54, 1.807) is 11.8 Å². The van der Waals surface area contributed by atoms with Crippen molar-refractivity contribution in [2.45, 2.75) is 29.4 Å². The third kappa shape index (κ3) is 3.70. The van der Waals surface area contributed by atoms with Gasteiger partial charge in [-0.15, -0.1) is 11.8 Å². The van der Waals surface area contributed by atoms with Crippen LogP contribution < -0.4 is 0 Å². The number of likely N-dealkylation sites (tertiary alicyclic amines) is 1. The monoisotopic (exact) mass is 359 g/mol. The molecule has 6 heteroatoms. The molecule has 0 saturated carbocycles. The zero-order valence-corrected chi connectivity index (χ0v) is 15.3.